The van der Waals surface area contributed by atoms with E-state index in [1.807, 2.05) is 24.3 Å². The molecule has 2 N–H and O–H groups in total. The maximum absolute atomic E-state index is 12.8. The number of carbonyl (C=O) groups is 1. The van der Waals surface area contributed by atoms with Gasteiger partial charge in [-0.3, -0.25) is 4.79 Å². The predicted octanol–water partition coefficient (Wildman–Crippen LogP) is 3.60. The lowest BCUT2D eigenvalue weighted by Gasteiger charge is -2.27. The van der Waals surface area contributed by atoms with Gasteiger partial charge in [0.1, 0.15) is 0 Å². The minimum Gasteiger partial charge on any atom is -0.348 e. The number of amides is 1. The molecule has 0 radical (unpaired) electrons. The molecule has 132 valence electrons. The SMILES string of the molecule is CC(NC(=O)C1Cc2ccccc2CN1)c1cccc(C(F)(F)F)c1. The Morgan fingerprint density at radius 1 is 1.16 bits per heavy atom. The highest BCUT2D eigenvalue weighted by molar-refractivity contribution is 5.82. The second-order valence-electron chi connectivity index (χ2n) is 6.26. The molecular formula is C19H19F3N2O. The zero-order valence-corrected chi connectivity index (χ0v) is 13.7. The average molecular weight is 348 g/mol. The van der Waals surface area contributed by atoms with Gasteiger partial charge in [0.25, 0.3) is 0 Å². The third kappa shape index (κ3) is 4.02. The molecule has 1 aliphatic rings. The van der Waals surface area contributed by atoms with Crippen LogP contribution in [-0.2, 0) is 23.9 Å². The molecule has 0 saturated heterocycles. The lowest BCUT2D eigenvalue weighted by Crippen LogP contribution is -2.48. The number of alkyl halides is 3. The summed E-state index contributed by atoms with van der Waals surface area (Å²) in [7, 11) is 0. The number of hydrogen-bond donors (Lipinski definition) is 2. The van der Waals surface area contributed by atoms with E-state index in [-0.39, 0.29) is 11.9 Å². The van der Waals surface area contributed by atoms with Crippen LogP contribution in [0.1, 0.15) is 35.2 Å². The number of hydrogen-bond acceptors (Lipinski definition) is 2. The number of carbonyl (C=O) groups excluding carboxylic acids is 1. The molecule has 0 spiro atoms. The van der Waals surface area contributed by atoms with Crippen LogP contribution in [0, 0.1) is 0 Å². The van der Waals surface area contributed by atoms with E-state index < -0.39 is 17.8 Å². The van der Waals surface area contributed by atoms with Gasteiger partial charge in [-0.2, -0.15) is 13.2 Å². The Balaban J connectivity index is 1.67. The van der Waals surface area contributed by atoms with E-state index in [0.29, 0.717) is 18.5 Å². The molecule has 2 unspecified atom stereocenters. The fraction of sp³-hybridized carbons (Fsp3) is 0.316. The van der Waals surface area contributed by atoms with E-state index in [4.69, 9.17) is 0 Å². The van der Waals surface area contributed by atoms with Gasteiger partial charge < -0.3 is 10.6 Å². The number of benzene rings is 2. The van der Waals surface area contributed by atoms with E-state index in [1.54, 1.807) is 13.0 Å². The third-order valence-electron chi connectivity index (χ3n) is 4.47. The molecule has 1 amide bonds. The third-order valence-corrected chi connectivity index (χ3v) is 4.47. The molecule has 1 heterocycles. The van der Waals surface area contributed by atoms with Gasteiger partial charge in [0, 0.05) is 6.54 Å². The van der Waals surface area contributed by atoms with Crippen LogP contribution in [0.3, 0.4) is 0 Å². The zero-order chi connectivity index (χ0) is 18.0. The van der Waals surface area contributed by atoms with Crippen LogP contribution in [0.25, 0.3) is 0 Å². The van der Waals surface area contributed by atoms with Crippen molar-refractivity contribution in [1.82, 2.24) is 10.6 Å². The summed E-state index contributed by atoms with van der Waals surface area (Å²) in [5, 5.41) is 5.98. The van der Waals surface area contributed by atoms with Gasteiger partial charge in [0.15, 0.2) is 0 Å². The van der Waals surface area contributed by atoms with Crippen molar-refractivity contribution in [2.24, 2.45) is 0 Å². The summed E-state index contributed by atoms with van der Waals surface area (Å²) in [5.74, 6) is -0.209. The highest BCUT2D eigenvalue weighted by atomic mass is 19.4. The van der Waals surface area contributed by atoms with Crippen molar-refractivity contribution in [3.05, 3.63) is 70.8 Å². The van der Waals surface area contributed by atoms with Crippen LogP contribution in [0.2, 0.25) is 0 Å². The monoisotopic (exact) mass is 348 g/mol. The van der Waals surface area contributed by atoms with E-state index >= 15 is 0 Å². The van der Waals surface area contributed by atoms with E-state index in [1.165, 1.54) is 6.07 Å². The topological polar surface area (TPSA) is 41.1 Å². The molecule has 25 heavy (non-hydrogen) atoms. The summed E-state index contributed by atoms with van der Waals surface area (Å²) in [5.41, 5.74) is 2.00. The molecule has 0 bridgehead atoms. The summed E-state index contributed by atoms with van der Waals surface area (Å²) < 4.78 is 38.5. The smallest absolute Gasteiger partial charge is 0.348 e. The maximum atomic E-state index is 12.8. The van der Waals surface area contributed by atoms with Crippen molar-refractivity contribution >= 4 is 5.91 Å². The predicted molar refractivity (Wildman–Crippen MR) is 88.8 cm³/mol. The highest BCUT2D eigenvalue weighted by Gasteiger charge is 2.31. The largest absolute Gasteiger partial charge is 0.416 e. The minimum absolute atomic E-state index is 0.209. The van der Waals surface area contributed by atoms with Crippen LogP contribution in [0.5, 0.6) is 0 Å². The Morgan fingerprint density at radius 3 is 2.60 bits per heavy atom. The normalized spacial score (nSPS) is 18.3. The fourth-order valence-corrected chi connectivity index (χ4v) is 3.02. The number of nitrogens with one attached hydrogen (secondary N) is 2. The van der Waals surface area contributed by atoms with Crippen LogP contribution >= 0.6 is 0 Å². The van der Waals surface area contributed by atoms with E-state index in [2.05, 4.69) is 10.6 Å². The molecule has 6 heteroatoms. The Kier molecular flexibility index (Phi) is 4.81. The summed E-state index contributed by atoms with van der Waals surface area (Å²) in [6.45, 7) is 2.29. The Morgan fingerprint density at radius 2 is 1.88 bits per heavy atom. The molecule has 0 aromatic heterocycles. The molecule has 3 rings (SSSR count). The summed E-state index contributed by atoms with van der Waals surface area (Å²) >= 11 is 0. The van der Waals surface area contributed by atoms with Crippen LogP contribution in [0.4, 0.5) is 13.2 Å². The first-order valence-corrected chi connectivity index (χ1v) is 8.12. The number of halogens is 3. The zero-order valence-electron chi connectivity index (χ0n) is 13.7. The minimum atomic E-state index is -4.39. The average Bonchev–Trinajstić information content (AvgIpc) is 2.60. The maximum Gasteiger partial charge on any atom is 0.416 e. The first-order chi connectivity index (χ1) is 11.8. The van der Waals surface area contributed by atoms with Gasteiger partial charge >= 0.3 is 6.18 Å². The van der Waals surface area contributed by atoms with E-state index in [9.17, 15) is 18.0 Å². The lowest BCUT2D eigenvalue weighted by atomic mass is 9.95. The quantitative estimate of drug-likeness (QED) is 0.890. The Hall–Kier alpha value is -2.34. The summed E-state index contributed by atoms with van der Waals surface area (Å²) in [6.07, 6.45) is -3.83. The van der Waals surface area contributed by atoms with Crippen molar-refractivity contribution in [1.29, 1.82) is 0 Å². The van der Waals surface area contributed by atoms with Crippen LogP contribution < -0.4 is 10.6 Å². The van der Waals surface area contributed by atoms with Gasteiger partial charge in [-0.05, 0) is 42.2 Å². The first-order valence-electron chi connectivity index (χ1n) is 8.12. The van der Waals surface area contributed by atoms with Gasteiger partial charge in [0.2, 0.25) is 5.91 Å². The van der Waals surface area contributed by atoms with Gasteiger partial charge in [-0.1, -0.05) is 36.4 Å². The van der Waals surface area contributed by atoms with E-state index in [0.717, 1.165) is 23.3 Å². The summed E-state index contributed by atoms with van der Waals surface area (Å²) in [4.78, 5) is 12.5. The molecule has 0 aliphatic carbocycles. The number of fused-ring (bicyclic) bond motifs is 1. The summed E-state index contributed by atoms with van der Waals surface area (Å²) in [6, 6.07) is 12.1. The highest BCUT2D eigenvalue weighted by Crippen LogP contribution is 2.30. The molecule has 0 saturated carbocycles. The van der Waals surface area contributed by atoms with Gasteiger partial charge in [-0.25, -0.2) is 0 Å². The molecule has 2 aromatic rings. The van der Waals surface area contributed by atoms with Crippen molar-refractivity contribution in [3.8, 4) is 0 Å². The van der Waals surface area contributed by atoms with Crippen LogP contribution in [-0.4, -0.2) is 11.9 Å². The molecule has 0 fully saturated rings. The van der Waals surface area contributed by atoms with Gasteiger partial charge in [0.05, 0.1) is 17.6 Å². The molecule has 1 aliphatic heterocycles. The van der Waals surface area contributed by atoms with Crippen molar-refractivity contribution in [3.63, 3.8) is 0 Å². The molecule has 2 atom stereocenters. The Bertz CT molecular complexity index is 773. The lowest BCUT2D eigenvalue weighted by molar-refractivity contribution is -0.137. The Labute approximate surface area is 144 Å². The van der Waals surface area contributed by atoms with Crippen molar-refractivity contribution in [2.75, 3.05) is 0 Å². The standard InChI is InChI=1S/C19H19F3N2O/c1-12(13-7-4-8-16(9-13)19(20,21)22)24-18(25)17-10-14-5-2-3-6-15(14)11-23-17/h2-9,12,17,23H,10-11H2,1H3,(H,24,25). The molecule has 3 nitrogen and oxygen atoms in total. The van der Waals surface area contributed by atoms with Gasteiger partial charge in [-0.15, -0.1) is 0 Å². The molecular weight excluding hydrogens is 329 g/mol. The van der Waals surface area contributed by atoms with Crippen LogP contribution in [0.15, 0.2) is 48.5 Å². The first kappa shape index (κ1) is 17.5. The van der Waals surface area contributed by atoms with Crippen molar-refractivity contribution < 1.29 is 18.0 Å². The second kappa shape index (κ2) is 6.88. The van der Waals surface area contributed by atoms with Crippen molar-refractivity contribution in [2.45, 2.75) is 38.1 Å². The number of rotatable bonds is 3. The fourth-order valence-electron chi connectivity index (χ4n) is 3.02. The molecule has 2 aromatic carbocycles. The second-order valence-corrected chi connectivity index (χ2v) is 6.26.